The number of hydrogen-bond acceptors (Lipinski definition) is 2. The normalized spacial score (nSPS) is 11.2. The second kappa shape index (κ2) is 14.2. The molecular weight excluding hydrogens is 675 g/mol. The summed E-state index contributed by atoms with van der Waals surface area (Å²) >= 11 is 1.87. The van der Waals surface area contributed by atoms with Gasteiger partial charge in [-0.1, -0.05) is 139 Å². The Morgan fingerprint density at radius 3 is 1.85 bits per heavy atom. The zero-order valence-corrected chi connectivity index (χ0v) is 31.4. The molecule has 3 heterocycles. The van der Waals surface area contributed by atoms with Crippen molar-refractivity contribution in [2.75, 3.05) is 0 Å². The molecule has 0 saturated heterocycles. The molecule has 0 fully saturated rings. The molecule has 3 heteroatoms. The van der Waals surface area contributed by atoms with Crippen LogP contribution in [0.4, 0.5) is 0 Å². The molecular formula is C51H39NOS. The average Bonchev–Trinajstić information content (AvgIpc) is 3.89. The van der Waals surface area contributed by atoms with Crippen LogP contribution in [0, 0.1) is 20.8 Å². The Balaban J connectivity index is 0.000000116. The lowest BCUT2D eigenvalue weighted by Crippen LogP contribution is -1.93. The number of nitrogens with zero attached hydrogens (tertiary/aromatic N) is 1. The summed E-state index contributed by atoms with van der Waals surface area (Å²) in [5.41, 5.74) is 12.0. The van der Waals surface area contributed by atoms with Crippen LogP contribution in [0.5, 0.6) is 0 Å². The van der Waals surface area contributed by atoms with Crippen molar-refractivity contribution in [1.82, 2.24) is 4.57 Å². The number of aryl methyl sites for hydroxylation is 3. The van der Waals surface area contributed by atoms with E-state index in [4.69, 9.17) is 4.42 Å². The number of fused-ring (bicyclic) bond motifs is 9. The number of thiophene rings is 1. The molecule has 0 aliphatic carbocycles. The third kappa shape index (κ3) is 6.23. The molecule has 2 nitrogen and oxygen atoms in total. The highest BCUT2D eigenvalue weighted by molar-refractivity contribution is 7.25. The van der Waals surface area contributed by atoms with E-state index >= 15 is 0 Å². The Hall–Kier alpha value is -6.42. The topological polar surface area (TPSA) is 18.1 Å². The van der Waals surface area contributed by atoms with Gasteiger partial charge in [-0.2, -0.15) is 0 Å². The van der Waals surface area contributed by atoms with Crippen molar-refractivity contribution in [3.05, 3.63) is 199 Å². The minimum Gasteiger partial charge on any atom is -0.456 e. The second-order valence-electron chi connectivity index (χ2n) is 13.9. The molecule has 11 aromatic rings. The van der Waals surface area contributed by atoms with Crippen LogP contribution in [-0.4, -0.2) is 4.57 Å². The molecule has 0 radical (unpaired) electrons. The van der Waals surface area contributed by atoms with Crippen molar-refractivity contribution in [3.63, 3.8) is 0 Å². The molecule has 0 unspecified atom stereocenters. The van der Waals surface area contributed by atoms with Gasteiger partial charge in [-0.3, -0.25) is 0 Å². The zero-order chi connectivity index (χ0) is 36.6. The largest absolute Gasteiger partial charge is 0.456 e. The first kappa shape index (κ1) is 33.4. The van der Waals surface area contributed by atoms with E-state index in [1.54, 1.807) is 0 Å². The van der Waals surface area contributed by atoms with Crippen LogP contribution in [-0.2, 0) is 0 Å². The van der Waals surface area contributed by atoms with Gasteiger partial charge >= 0.3 is 0 Å². The van der Waals surface area contributed by atoms with Crippen LogP contribution in [0.2, 0.25) is 0 Å². The number of aromatic nitrogens is 1. The molecule has 0 aliphatic heterocycles. The van der Waals surface area contributed by atoms with Gasteiger partial charge < -0.3 is 8.98 Å². The summed E-state index contributed by atoms with van der Waals surface area (Å²) in [6, 6.07) is 64.4. The number of benzene rings is 8. The molecule has 11 rings (SSSR count). The quantitative estimate of drug-likeness (QED) is 0.174. The van der Waals surface area contributed by atoms with Gasteiger partial charge in [-0.15, -0.1) is 11.3 Å². The van der Waals surface area contributed by atoms with Crippen LogP contribution in [0.1, 0.15) is 16.7 Å². The lowest BCUT2D eigenvalue weighted by Gasteiger charge is -2.09. The lowest BCUT2D eigenvalue weighted by molar-refractivity contribution is 0.666. The van der Waals surface area contributed by atoms with Gasteiger partial charge in [0.2, 0.25) is 0 Å². The molecule has 0 spiro atoms. The summed E-state index contributed by atoms with van der Waals surface area (Å²) in [6.45, 7) is 6.37. The maximum absolute atomic E-state index is 5.78. The summed E-state index contributed by atoms with van der Waals surface area (Å²) in [7, 11) is 0. The first-order valence-corrected chi connectivity index (χ1v) is 19.2. The number of furan rings is 1. The second-order valence-corrected chi connectivity index (χ2v) is 15.0. The van der Waals surface area contributed by atoms with E-state index < -0.39 is 0 Å². The van der Waals surface area contributed by atoms with Crippen LogP contribution < -0.4 is 0 Å². The Morgan fingerprint density at radius 2 is 1.02 bits per heavy atom. The van der Waals surface area contributed by atoms with Crippen LogP contribution >= 0.6 is 11.3 Å². The molecule has 3 aromatic heterocycles. The predicted octanol–water partition coefficient (Wildman–Crippen LogP) is 15.0. The van der Waals surface area contributed by atoms with Gasteiger partial charge in [-0.05, 0) is 91.6 Å². The van der Waals surface area contributed by atoms with E-state index in [1.807, 2.05) is 29.5 Å². The molecule has 0 saturated carbocycles. The van der Waals surface area contributed by atoms with E-state index in [0.717, 1.165) is 11.2 Å². The molecule has 54 heavy (non-hydrogen) atoms. The highest BCUT2D eigenvalue weighted by atomic mass is 32.1. The maximum Gasteiger partial charge on any atom is 0.138 e. The van der Waals surface area contributed by atoms with Gasteiger partial charge in [0.1, 0.15) is 11.2 Å². The van der Waals surface area contributed by atoms with Gasteiger partial charge in [0.15, 0.2) is 0 Å². The van der Waals surface area contributed by atoms with Crippen LogP contribution in [0.3, 0.4) is 0 Å². The van der Waals surface area contributed by atoms with Gasteiger partial charge in [-0.25, -0.2) is 0 Å². The maximum atomic E-state index is 5.78. The van der Waals surface area contributed by atoms with Crippen molar-refractivity contribution in [3.8, 4) is 16.8 Å². The molecule has 0 aliphatic rings. The van der Waals surface area contributed by atoms with E-state index in [0.29, 0.717) is 0 Å². The molecule has 8 aromatic carbocycles. The first-order valence-electron chi connectivity index (χ1n) is 18.4. The van der Waals surface area contributed by atoms with E-state index in [9.17, 15) is 0 Å². The van der Waals surface area contributed by atoms with E-state index in [-0.39, 0.29) is 0 Å². The minimum atomic E-state index is 0.969. The summed E-state index contributed by atoms with van der Waals surface area (Å²) in [6.07, 6.45) is 0. The number of hydrogen-bond donors (Lipinski definition) is 0. The van der Waals surface area contributed by atoms with Crippen LogP contribution in [0.25, 0.3) is 80.7 Å². The molecule has 0 N–H and O–H groups in total. The standard InChI is InChI=1S/C25H19N.C13H10O.C13H10S/c1-18-11-16-23-22-9-5-6-10-24(22)26(25(23)17-18)21-14-12-20(13-15-21)19-7-3-2-4-8-19;1-9-5-4-7-11-10-6-2-3-8-12(10)14-13(9)11;1-9-6-7-13-11(8-9)10-4-2-3-5-12(10)14-13/h2-17H,1H3;2*2-8H,1H3. The fourth-order valence-electron chi connectivity index (χ4n) is 7.52. The van der Waals surface area contributed by atoms with E-state index in [1.165, 1.54) is 86.3 Å². The Labute approximate surface area is 319 Å². The Bertz CT molecular complexity index is 3060. The summed E-state index contributed by atoms with van der Waals surface area (Å²) in [5.74, 6) is 0. The fraction of sp³-hybridized carbons (Fsp3) is 0.0588. The van der Waals surface area contributed by atoms with Crippen LogP contribution in [0.15, 0.2) is 186 Å². The number of para-hydroxylation sites is 3. The highest BCUT2D eigenvalue weighted by Gasteiger charge is 2.12. The number of rotatable bonds is 2. The van der Waals surface area contributed by atoms with Crippen molar-refractivity contribution in [2.24, 2.45) is 0 Å². The SMILES string of the molecule is Cc1ccc2c3ccccc3n(-c3ccc(-c4ccccc4)cc3)c2c1.Cc1ccc2sc3ccccc3c2c1.Cc1cccc2c1oc1ccccc12. The van der Waals surface area contributed by atoms with Crippen molar-refractivity contribution in [1.29, 1.82) is 0 Å². The average molecular weight is 714 g/mol. The van der Waals surface area contributed by atoms with Crippen molar-refractivity contribution in [2.45, 2.75) is 20.8 Å². The predicted molar refractivity (Wildman–Crippen MR) is 233 cm³/mol. The third-order valence-corrected chi connectivity index (χ3v) is 11.3. The zero-order valence-electron chi connectivity index (χ0n) is 30.6. The summed E-state index contributed by atoms with van der Waals surface area (Å²) < 4.78 is 10.9. The van der Waals surface area contributed by atoms with Gasteiger partial charge in [0.05, 0.1) is 11.0 Å². The Kier molecular flexibility index (Phi) is 8.78. The van der Waals surface area contributed by atoms with Crippen molar-refractivity contribution < 1.29 is 4.42 Å². The fourth-order valence-corrected chi connectivity index (χ4v) is 8.61. The monoisotopic (exact) mass is 713 g/mol. The van der Waals surface area contributed by atoms with Gasteiger partial charge in [0.25, 0.3) is 0 Å². The summed E-state index contributed by atoms with van der Waals surface area (Å²) in [4.78, 5) is 0. The molecule has 260 valence electrons. The lowest BCUT2D eigenvalue weighted by atomic mass is 10.1. The third-order valence-electron chi connectivity index (χ3n) is 10.2. The smallest absolute Gasteiger partial charge is 0.138 e. The summed E-state index contributed by atoms with van der Waals surface area (Å²) in [5, 5.41) is 7.79. The first-order chi connectivity index (χ1) is 26.5. The minimum absolute atomic E-state index is 0.969. The Morgan fingerprint density at radius 1 is 0.407 bits per heavy atom. The highest BCUT2D eigenvalue weighted by Crippen LogP contribution is 2.35. The van der Waals surface area contributed by atoms with E-state index in [2.05, 4.69) is 189 Å². The molecule has 0 atom stereocenters. The molecule has 0 amide bonds. The van der Waals surface area contributed by atoms with Crippen molar-refractivity contribution >= 4 is 75.3 Å². The van der Waals surface area contributed by atoms with Gasteiger partial charge in [0, 0.05) is 47.4 Å². The molecule has 0 bridgehead atoms.